The Morgan fingerprint density at radius 3 is 2.67 bits per heavy atom. The van der Waals surface area contributed by atoms with Gasteiger partial charge >= 0.3 is 0 Å². The van der Waals surface area contributed by atoms with Crippen molar-refractivity contribution in [2.75, 3.05) is 12.5 Å². The van der Waals surface area contributed by atoms with Gasteiger partial charge in [0.2, 0.25) is 6.79 Å². The number of fused-ring (bicyclic) bond motifs is 3. The monoisotopic (exact) mass is 433 g/mol. The zero-order chi connectivity index (χ0) is 20.9. The lowest BCUT2D eigenvalue weighted by Crippen LogP contribution is -2.43. The summed E-state index contributed by atoms with van der Waals surface area (Å²) in [6.45, 7) is 5.40. The molecule has 3 aliphatic carbocycles. The number of hydrogen-bond acceptors (Lipinski definition) is 5. The van der Waals surface area contributed by atoms with E-state index in [1.165, 1.54) is 32.1 Å². The molecule has 1 aliphatic heterocycles. The van der Waals surface area contributed by atoms with Crippen LogP contribution in [0, 0.1) is 16.7 Å². The smallest absolute Gasteiger partial charge is 0.231 e. The standard InChI is InChI=1S/C24H35NO4S/c1-23(2)17-10-11-24(23,20(26)12-17)14-30(27)22-16(8-9-19-21(22)29-15-28-19)13-25-18-6-4-3-5-7-18/h8-9,17-18,20,25-26H,3-7,10-15H2,1-2H3/t17-,20-,24-,30+/m1/s1. The van der Waals surface area contributed by atoms with Crippen molar-refractivity contribution in [3.8, 4) is 11.5 Å². The Balaban J connectivity index is 1.42. The van der Waals surface area contributed by atoms with Crippen LogP contribution in [-0.2, 0) is 17.3 Å². The van der Waals surface area contributed by atoms with Gasteiger partial charge in [-0.15, -0.1) is 0 Å². The van der Waals surface area contributed by atoms with E-state index in [9.17, 15) is 9.32 Å². The zero-order valence-corrected chi connectivity index (χ0v) is 19.1. The fraction of sp³-hybridized carbons (Fsp3) is 0.750. The molecule has 5 nitrogen and oxygen atoms in total. The highest BCUT2D eigenvalue weighted by atomic mass is 32.2. The highest BCUT2D eigenvalue weighted by Gasteiger charge is 2.64. The number of hydrogen-bond donors (Lipinski definition) is 2. The fourth-order valence-corrected chi connectivity index (χ4v) is 8.74. The summed E-state index contributed by atoms with van der Waals surface area (Å²) in [5, 5.41) is 14.6. The number of ether oxygens (including phenoxy) is 2. The van der Waals surface area contributed by atoms with Crippen LogP contribution in [0.15, 0.2) is 17.0 Å². The molecule has 0 radical (unpaired) electrons. The molecule has 0 unspecified atom stereocenters. The molecule has 1 aromatic rings. The predicted molar refractivity (Wildman–Crippen MR) is 117 cm³/mol. The van der Waals surface area contributed by atoms with Gasteiger partial charge < -0.3 is 19.9 Å². The fourth-order valence-electron chi connectivity index (χ4n) is 6.62. The van der Waals surface area contributed by atoms with Crippen molar-refractivity contribution >= 4 is 10.8 Å². The van der Waals surface area contributed by atoms with Crippen molar-refractivity contribution in [1.29, 1.82) is 0 Å². The summed E-state index contributed by atoms with van der Waals surface area (Å²) < 4.78 is 25.3. The molecule has 30 heavy (non-hydrogen) atoms. The minimum absolute atomic E-state index is 0.0118. The number of benzene rings is 1. The first-order valence-corrected chi connectivity index (χ1v) is 13.0. The Labute approximate surface area is 182 Å². The third kappa shape index (κ3) is 3.21. The van der Waals surface area contributed by atoms with Crippen molar-refractivity contribution < 1.29 is 18.8 Å². The van der Waals surface area contributed by atoms with E-state index in [1.807, 2.05) is 12.1 Å². The predicted octanol–water partition coefficient (Wildman–Crippen LogP) is 4.13. The molecule has 0 aromatic heterocycles. The highest BCUT2D eigenvalue weighted by Crippen LogP contribution is 2.66. The summed E-state index contributed by atoms with van der Waals surface area (Å²) in [5.74, 6) is 2.35. The van der Waals surface area contributed by atoms with Gasteiger partial charge in [0.15, 0.2) is 11.5 Å². The van der Waals surface area contributed by atoms with Crippen LogP contribution in [-0.4, -0.2) is 34.0 Å². The summed E-state index contributed by atoms with van der Waals surface area (Å²) in [6.07, 6.45) is 8.90. The molecule has 6 heteroatoms. The average Bonchev–Trinajstić information content (AvgIpc) is 3.35. The maximum atomic E-state index is 13.9. The molecular formula is C24H35NO4S. The van der Waals surface area contributed by atoms with Crippen LogP contribution in [0.2, 0.25) is 0 Å². The third-order valence-electron chi connectivity index (χ3n) is 8.77. The zero-order valence-electron chi connectivity index (χ0n) is 18.2. The molecule has 4 atom stereocenters. The lowest BCUT2D eigenvalue weighted by Gasteiger charge is -2.40. The van der Waals surface area contributed by atoms with E-state index in [1.54, 1.807) is 0 Å². The molecule has 3 fully saturated rings. The van der Waals surface area contributed by atoms with Crippen molar-refractivity contribution in [2.45, 2.75) is 88.8 Å². The van der Waals surface area contributed by atoms with Gasteiger partial charge in [-0.3, -0.25) is 4.21 Å². The van der Waals surface area contributed by atoms with Crippen LogP contribution in [0.3, 0.4) is 0 Å². The van der Waals surface area contributed by atoms with Crippen LogP contribution in [0.5, 0.6) is 11.5 Å². The van der Waals surface area contributed by atoms with Gasteiger partial charge in [0, 0.05) is 23.8 Å². The molecule has 0 saturated heterocycles. The van der Waals surface area contributed by atoms with Crippen LogP contribution in [0.25, 0.3) is 0 Å². The van der Waals surface area contributed by atoms with E-state index in [0.717, 1.165) is 29.7 Å². The molecule has 5 rings (SSSR count). The third-order valence-corrected chi connectivity index (χ3v) is 10.4. The van der Waals surface area contributed by atoms with Gasteiger partial charge in [0.25, 0.3) is 0 Å². The molecule has 0 amide bonds. The lowest BCUT2D eigenvalue weighted by atomic mass is 9.70. The van der Waals surface area contributed by atoms with E-state index >= 15 is 0 Å². The number of aliphatic hydroxyl groups is 1. The molecule has 4 aliphatic rings. The lowest BCUT2D eigenvalue weighted by molar-refractivity contribution is 0.0160. The SMILES string of the molecule is CC1(C)[C@@H]2CC[C@@]1(C[S@](=O)c1c(CNC3CCCCC3)ccc3c1OCO3)[C@H](O)C2. The van der Waals surface area contributed by atoms with Crippen molar-refractivity contribution in [1.82, 2.24) is 5.32 Å². The Morgan fingerprint density at radius 2 is 1.97 bits per heavy atom. The number of aliphatic hydroxyl groups excluding tert-OH is 1. The molecule has 166 valence electrons. The summed E-state index contributed by atoms with van der Waals surface area (Å²) >= 11 is 0. The van der Waals surface area contributed by atoms with Gasteiger partial charge in [-0.05, 0) is 55.1 Å². The highest BCUT2D eigenvalue weighted by molar-refractivity contribution is 7.85. The topological polar surface area (TPSA) is 67.8 Å². The van der Waals surface area contributed by atoms with Crippen molar-refractivity contribution in [3.05, 3.63) is 17.7 Å². The van der Waals surface area contributed by atoms with Gasteiger partial charge in [-0.1, -0.05) is 39.2 Å². The molecule has 1 heterocycles. The number of rotatable bonds is 6. The van der Waals surface area contributed by atoms with Gasteiger partial charge in [0.1, 0.15) is 0 Å². The van der Waals surface area contributed by atoms with Crippen molar-refractivity contribution in [3.63, 3.8) is 0 Å². The van der Waals surface area contributed by atoms with Crippen molar-refractivity contribution in [2.24, 2.45) is 16.7 Å². The Morgan fingerprint density at radius 1 is 1.17 bits per heavy atom. The Bertz CT molecular complexity index is 835. The second-order valence-electron chi connectivity index (χ2n) is 10.4. The van der Waals surface area contributed by atoms with Crippen LogP contribution < -0.4 is 14.8 Å². The summed E-state index contributed by atoms with van der Waals surface area (Å²) in [7, 11) is -1.26. The van der Waals surface area contributed by atoms with Crippen LogP contribution in [0.4, 0.5) is 0 Å². The average molecular weight is 434 g/mol. The van der Waals surface area contributed by atoms with Gasteiger partial charge in [0.05, 0.1) is 21.8 Å². The first-order chi connectivity index (χ1) is 14.4. The molecule has 2 N–H and O–H groups in total. The minimum Gasteiger partial charge on any atom is -0.454 e. The first-order valence-electron chi connectivity index (χ1n) is 11.6. The maximum absolute atomic E-state index is 13.9. The Kier molecular flexibility index (Phi) is 5.39. The summed E-state index contributed by atoms with van der Waals surface area (Å²) in [6, 6.07) is 4.52. The quantitative estimate of drug-likeness (QED) is 0.706. The summed E-state index contributed by atoms with van der Waals surface area (Å²) in [5.41, 5.74) is 0.774. The maximum Gasteiger partial charge on any atom is 0.231 e. The van der Waals surface area contributed by atoms with E-state index in [0.29, 0.717) is 35.8 Å². The largest absolute Gasteiger partial charge is 0.454 e. The van der Waals surface area contributed by atoms with Crippen LogP contribution in [0.1, 0.15) is 70.8 Å². The minimum atomic E-state index is -1.26. The number of nitrogens with one attached hydrogen (secondary N) is 1. The normalized spacial score (nSPS) is 33.2. The van der Waals surface area contributed by atoms with E-state index < -0.39 is 10.8 Å². The second kappa shape index (κ2) is 7.79. The van der Waals surface area contributed by atoms with E-state index in [-0.39, 0.29) is 23.7 Å². The van der Waals surface area contributed by atoms with Crippen LogP contribution >= 0.6 is 0 Å². The molecule has 1 aromatic carbocycles. The van der Waals surface area contributed by atoms with Gasteiger partial charge in [-0.25, -0.2) is 0 Å². The second-order valence-corrected chi connectivity index (χ2v) is 11.7. The van der Waals surface area contributed by atoms with E-state index in [2.05, 4.69) is 19.2 Å². The Hall–Kier alpha value is -1.11. The molecule has 3 saturated carbocycles. The first kappa shape index (κ1) is 20.8. The van der Waals surface area contributed by atoms with Gasteiger partial charge in [-0.2, -0.15) is 0 Å². The molecule has 2 bridgehead atoms. The molecular weight excluding hydrogens is 398 g/mol. The van der Waals surface area contributed by atoms with E-state index in [4.69, 9.17) is 9.47 Å². The molecule has 0 spiro atoms. The summed E-state index contributed by atoms with van der Waals surface area (Å²) in [4.78, 5) is 0.779.